The van der Waals surface area contributed by atoms with Crippen LogP contribution in [0, 0.1) is 0 Å². The number of aliphatic imine (C=N–C) groups is 1. The molecular weight excluding hydrogens is 293 g/mol. The zero-order valence-corrected chi connectivity index (χ0v) is 14.1. The number of hydrogen-bond acceptors (Lipinski definition) is 7. The fourth-order valence-electron chi connectivity index (χ4n) is 0.966. The summed E-state index contributed by atoms with van der Waals surface area (Å²) in [5.74, 6) is -1.09. The average molecular weight is 311 g/mol. The van der Waals surface area contributed by atoms with Gasteiger partial charge in [-0.1, -0.05) is 6.92 Å². The Hall–Kier alpha value is -0.483. The van der Waals surface area contributed by atoms with Gasteiger partial charge in [-0.3, -0.25) is 0 Å². The number of hydrogen-bond donors (Lipinski definition) is 0. The molecule has 0 rings (SSSR count). The van der Waals surface area contributed by atoms with Crippen molar-refractivity contribution in [3.05, 3.63) is 23.8 Å². The second-order valence-corrected chi connectivity index (χ2v) is 4.83. The monoisotopic (exact) mass is 311 g/mol. The summed E-state index contributed by atoms with van der Waals surface area (Å²) in [4.78, 5) is 15.8. The minimum atomic E-state index is -0.566. The zero-order chi connectivity index (χ0) is 14.7. The summed E-state index contributed by atoms with van der Waals surface area (Å²) in [6.07, 6.45) is 6.18. The number of thioether (sulfide) groups is 2. The van der Waals surface area contributed by atoms with Crippen LogP contribution in [0.1, 0.15) is 13.8 Å². The maximum Gasteiger partial charge on any atom is 1.00 e. The predicted molar refractivity (Wildman–Crippen MR) is 78.9 cm³/mol. The average Bonchev–Trinajstić information content (AvgIpc) is 2.39. The Morgan fingerprint density at radius 3 is 2.15 bits per heavy atom. The third-order valence-corrected chi connectivity index (χ3v) is 3.59. The topological polar surface area (TPSA) is 71.0 Å². The van der Waals surface area contributed by atoms with Crippen LogP contribution in [0.3, 0.4) is 0 Å². The minimum absolute atomic E-state index is 0. The molecule has 108 valence electrons. The van der Waals surface area contributed by atoms with E-state index in [1.165, 1.54) is 29.6 Å². The van der Waals surface area contributed by atoms with Crippen LogP contribution >= 0.6 is 23.5 Å². The maximum atomic E-state index is 11.7. The van der Waals surface area contributed by atoms with Gasteiger partial charge in [-0.25, -0.2) is 9.79 Å². The summed E-state index contributed by atoms with van der Waals surface area (Å²) in [5, 5.41) is 11.2. The number of esters is 1. The molecule has 0 aliphatic rings. The zero-order valence-electron chi connectivity index (χ0n) is 12.5. The minimum Gasteiger partial charge on any atom is -0.614 e. The molecule has 20 heavy (non-hydrogen) atoms. The van der Waals surface area contributed by atoms with Crippen LogP contribution in [-0.2, 0) is 14.3 Å². The Morgan fingerprint density at radius 1 is 1.15 bits per heavy atom. The largest absolute Gasteiger partial charge is 1.00 e. The van der Waals surface area contributed by atoms with Gasteiger partial charge in [0.1, 0.15) is 10.1 Å². The molecule has 8 heteroatoms. The molecule has 0 saturated heterocycles. The molecule has 0 amide bonds. The SMILES string of the molecule is CCOC(=O)/C(=C/C=C(\[O-])OCC)N=C(SC)SC.[Li+]. The molecule has 0 atom stereocenters. The van der Waals surface area contributed by atoms with E-state index in [1.54, 1.807) is 13.8 Å². The van der Waals surface area contributed by atoms with E-state index in [4.69, 9.17) is 9.47 Å². The van der Waals surface area contributed by atoms with Gasteiger partial charge in [-0.15, -0.1) is 23.5 Å². The van der Waals surface area contributed by atoms with E-state index >= 15 is 0 Å². The van der Waals surface area contributed by atoms with Crippen LogP contribution in [0.2, 0.25) is 0 Å². The first-order valence-corrected chi connectivity index (χ1v) is 8.09. The molecule has 0 aliphatic carbocycles. The van der Waals surface area contributed by atoms with Crippen molar-refractivity contribution in [1.29, 1.82) is 0 Å². The number of carbonyl (C=O) groups excluding carboxylic acids is 1. The third-order valence-electron chi connectivity index (χ3n) is 1.71. The van der Waals surface area contributed by atoms with Crippen LogP contribution in [-0.4, -0.2) is 36.1 Å². The molecule has 0 aromatic heterocycles. The Kier molecular flexibility index (Phi) is 14.7. The Labute approximate surface area is 140 Å². The molecule has 0 spiro atoms. The van der Waals surface area contributed by atoms with E-state index in [1.807, 2.05) is 12.5 Å². The van der Waals surface area contributed by atoms with Gasteiger partial charge in [0.2, 0.25) is 0 Å². The fourth-order valence-corrected chi connectivity index (χ4v) is 2.01. The Balaban J connectivity index is 0. The summed E-state index contributed by atoms with van der Waals surface area (Å²) in [7, 11) is 0. The molecule has 0 N–H and O–H groups in total. The molecule has 5 nitrogen and oxygen atoms in total. The fraction of sp³-hybridized carbons (Fsp3) is 0.500. The Bertz CT molecular complexity index is 378. The Morgan fingerprint density at radius 2 is 1.70 bits per heavy atom. The van der Waals surface area contributed by atoms with Crippen LogP contribution in [0.15, 0.2) is 28.8 Å². The predicted octanol–water partition coefficient (Wildman–Crippen LogP) is -1.24. The number of nitrogens with zero attached hydrogens (tertiary/aromatic N) is 1. The van der Waals surface area contributed by atoms with Crippen molar-refractivity contribution in [3.63, 3.8) is 0 Å². The van der Waals surface area contributed by atoms with E-state index in [0.29, 0.717) is 4.38 Å². The standard InChI is InChI=1S/C12H19NO4S2.Li/c1-5-16-10(14)8-7-9(11(15)17-6-2)13-12(18-3)19-4;/h7-8,14H,5-6H2,1-4H3;/q;+1/p-1/b9-7-,10-8+;. The summed E-state index contributed by atoms with van der Waals surface area (Å²) in [6, 6.07) is 0. The van der Waals surface area contributed by atoms with Crippen molar-refractivity contribution in [3.8, 4) is 0 Å². The van der Waals surface area contributed by atoms with E-state index < -0.39 is 11.9 Å². The smallest absolute Gasteiger partial charge is 0.614 e. The summed E-state index contributed by atoms with van der Waals surface area (Å²) < 4.78 is 10.3. The van der Waals surface area contributed by atoms with Crippen molar-refractivity contribution in [2.45, 2.75) is 13.8 Å². The van der Waals surface area contributed by atoms with Crippen LogP contribution < -0.4 is 24.0 Å². The third kappa shape index (κ3) is 9.43. The first kappa shape index (κ1) is 21.8. The molecule has 0 aliphatic heterocycles. The van der Waals surface area contributed by atoms with Crippen molar-refractivity contribution < 1.29 is 38.2 Å². The van der Waals surface area contributed by atoms with Crippen molar-refractivity contribution in [2.75, 3.05) is 25.7 Å². The van der Waals surface area contributed by atoms with Crippen LogP contribution in [0.4, 0.5) is 0 Å². The summed E-state index contributed by atoms with van der Waals surface area (Å²) in [6.45, 7) is 3.94. The molecular formula is C12H18LiNO4S2. The first-order valence-electron chi connectivity index (χ1n) is 5.64. The second-order valence-electron chi connectivity index (χ2n) is 2.98. The van der Waals surface area contributed by atoms with Gasteiger partial charge in [0.25, 0.3) is 0 Å². The summed E-state index contributed by atoms with van der Waals surface area (Å²) in [5.41, 5.74) is 0.0774. The molecule has 0 unspecified atom stereocenters. The van der Waals surface area contributed by atoms with Crippen LogP contribution in [0.5, 0.6) is 0 Å². The molecule has 0 aromatic rings. The van der Waals surface area contributed by atoms with Gasteiger partial charge < -0.3 is 14.6 Å². The normalized spacial score (nSPS) is 11.4. The molecule has 0 fully saturated rings. The quantitative estimate of drug-likeness (QED) is 0.116. The van der Waals surface area contributed by atoms with Gasteiger partial charge >= 0.3 is 24.8 Å². The number of rotatable bonds is 6. The van der Waals surface area contributed by atoms with E-state index in [0.717, 1.165) is 6.08 Å². The second kappa shape index (κ2) is 13.5. The number of carbonyl (C=O) groups is 1. The maximum absolute atomic E-state index is 11.7. The number of allylic oxidation sites excluding steroid dienone is 2. The molecule has 0 heterocycles. The van der Waals surface area contributed by atoms with Gasteiger partial charge in [0.05, 0.1) is 12.6 Å². The molecule has 0 saturated carbocycles. The summed E-state index contributed by atoms with van der Waals surface area (Å²) >= 11 is 2.83. The van der Waals surface area contributed by atoms with Gasteiger partial charge in [-0.05, 0) is 38.2 Å². The van der Waals surface area contributed by atoms with E-state index in [-0.39, 0.29) is 37.8 Å². The first-order chi connectivity index (χ1) is 9.08. The van der Waals surface area contributed by atoms with Crippen LogP contribution in [0.25, 0.3) is 0 Å². The van der Waals surface area contributed by atoms with Crippen molar-refractivity contribution in [2.24, 2.45) is 4.99 Å². The number of ether oxygens (including phenoxy) is 2. The van der Waals surface area contributed by atoms with Crippen molar-refractivity contribution >= 4 is 33.9 Å². The van der Waals surface area contributed by atoms with Gasteiger partial charge in [0.15, 0.2) is 0 Å². The van der Waals surface area contributed by atoms with E-state index in [9.17, 15) is 9.90 Å². The van der Waals surface area contributed by atoms with Crippen molar-refractivity contribution in [1.82, 2.24) is 0 Å². The molecule has 0 aromatic carbocycles. The molecule has 0 radical (unpaired) electrons. The molecule has 0 bridgehead atoms. The van der Waals surface area contributed by atoms with Gasteiger partial charge in [0, 0.05) is 0 Å². The van der Waals surface area contributed by atoms with Gasteiger partial charge in [-0.2, -0.15) is 0 Å². The van der Waals surface area contributed by atoms with E-state index in [2.05, 4.69) is 4.99 Å².